The molecule has 170 valence electrons. The lowest BCUT2D eigenvalue weighted by atomic mass is 10.2. The zero-order valence-corrected chi connectivity index (χ0v) is 18.1. The second-order valence-corrected chi connectivity index (χ2v) is 7.04. The van der Waals surface area contributed by atoms with Gasteiger partial charge >= 0.3 is 0 Å². The summed E-state index contributed by atoms with van der Waals surface area (Å²) < 4.78 is 1.08. The molecular weight excluding hydrogens is 424 g/mol. The standard InChI is InChI=1S/C23H24N6O4/c1-2-20(30)27-18-7-5-16(6-8-18)23(33)26-13-12-25-21(31)15-29-22(32)10-9-19(28-29)17-4-3-11-24-14-17/h3-11,14H,2,12-13,15H2,1H3,(H,25,31)(H,26,33)(H,27,30). The molecular formula is C23H24N6O4. The minimum Gasteiger partial charge on any atom is -0.353 e. The van der Waals surface area contributed by atoms with Crippen LogP contribution in [0.1, 0.15) is 23.7 Å². The van der Waals surface area contributed by atoms with Crippen LogP contribution in [0.25, 0.3) is 11.3 Å². The van der Waals surface area contributed by atoms with E-state index in [4.69, 9.17) is 0 Å². The van der Waals surface area contributed by atoms with Gasteiger partial charge in [-0.3, -0.25) is 24.2 Å². The maximum Gasteiger partial charge on any atom is 0.267 e. The Labute approximate surface area is 190 Å². The Morgan fingerprint density at radius 2 is 1.70 bits per heavy atom. The molecule has 0 spiro atoms. The number of hydrogen-bond acceptors (Lipinski definition) is 6. The van der Waals surface area contributed by atoms with E-state index in [9.17, 15) is 19.2 Å². The molecule has 0 fully saturated rings. The summed E-state index contributed by atoms with van der Waals surface area (Å²) in [6.07, 6.45) is 3.62. The van der Waals surface area contributed by atoms with Gasteiger partial charge in [0, 0.05) is 54.8 Å². The first kappa shape index (κ1) is 23.3. The number of nitrogens with one attached hydrogen (secondary N) is 3. The molecule has 0 aliphatic rings. The molecule has 0 bridgehead atoms. The highest BCUT2D eigenvalue weighted by molar-refractivity contribution is 5.95. The van der Waals surface area contributed by atoms with E-state index in [-0.39, 0.29) is 31.4 Å². The van der Waals surface area contributed by atoms with E-state index in [1.807, 2.05) is 6.07 Å². The molecule has 33 heavy (non-hydrogen) atoms. The number of nitrogens with zero attached hydrogens (tertiary/aromatic N) is 3. The van der Waals surface area contributed by atoms with Crippen LogP contribution in [0.5, 0.6) is 0 Å². The fraction of sp³-hybridized carbons (Fsp3) is 0.217. The summed E-state index contributed by atoms with van der Waals surface area (Å²) in [7, 11) is 0. The summed E-state index contributed by atoms with van der Waals surface area (Å²) in [5.74, 6) is -0.818. The molecule has 2 heterocycles. The van der Waals surface area contributed by atoms with Crippen molar-refractivity contribution in [3.05, 3.63) is 76.8 Å². The van der Waals surface area contributed by atoms with Crippen molar-refractivity contribution >= 4 is 23.4 Å². The summed E-state index contributed by atoms with van der Waals surface area (Å²) in [6.45, 7) is 1.90. The molecule has 0 unspecified atom stereocenters. The van der Waals surface area contributed by atoms with Crippen molar-refractivity contribution in [2.24, 2.45) is 0 Å². The van der Waals surface area contributed by atoms with E-state index in [1.165, 1.54) is 6.07 Å². The first-order valence-electron chi connectivity index (χ1n) is 10.4. The maximum absolute atomic E-state index is 12.2. The molecule has 3 N–H and O–H groups in total. The lowest BCUT2D eigenvalue weighted by Gasteiger charge is -2.09. The lowest BCUT2D eigenvalue weighted by Crippen LogP contribution is -2.38. The van der Waals surface area contributed by atoms with E-state index >= 15 is 0 Å². The van der Waals surface area contributed by atoms with Crippen molar-refractivity contribution in [1.29, 1.82) is 0 Å². The third-order valence-corrected chi connectivity index (χ3v) is 4.60. The highest BCUT2D eigenvalue weighted by Gasteiger charge is 2.09. The van der Waals surface area contributed by atoms with Gasteiger partial charge in [0.05, 0.1) is 5.69 Å². The molecule has 0 saturated carbocycles. The normalized spacial score (nSPS) is 10.3. The molecule has 10 nitrogen and oxygen atoms in total. The van der Waals surface area contributed by atoms with Crippen LogP contribution in [0, 0.1) is 0 Å². The number of amides is 3. The van der Waals surface area contributed by atoms with E-state index in [0.29, 0.717) is 23.4 Å². The van der Waals surface area contributed by atoms with Crippen LogP contribution in [0.2, 0.25) is 0 Å². The van der Waals surface area contributed by atoms with Crippen LogP contribution in [0.4, 0.5) is 5.69 Å². The highest BCUT2D eigenvalue weighted by Crippen LogP contribution is 2.12. The number of benzene rings is 1. The monoisotopic (exact) mass is 448 g/mol. The number of anilines is 1. The van der Waals surface area contributed by atoms with Gasteiger partial charge < -0.3 is 16.0 Å². The zero-order chi connectivity index (χ0) is 23.6. The number of rotatable bonds is 9. The molecule has 0 aliphatic carbocycles. The largest absolute Gasteiger partial charge is 0.353 e. The van der Waals surface area contributed by atoms with Crippen molar-refractivity contribution in [3.8, 4) is 11.3 Å². The number of aromatic nitrogens is 3. The van der Waals surface area contributed by atoms with Gasteiger partial charge in [-0.2, -0.15) is 5.10 Å². The fourth-order valence-corrected chi connectivity index (χ4v) is 2.86. The Hall–Kier alpha value is -4.34. The number of carbonyl (C=O) groups excluding carboxylic acids is 3. The maximum atomic E-state index is 12.2. The summed E-state index contributed by atoms with van der Waals surface area (Å²) in [6, 6.07) is 13.0. The lowest BCUT2D eigenvalue weighted by molar-refractivity contribution is -0.122. The molecule has 3 rings (SSSR count). The average Bonchev–Trinajstić information content (AvgIpc) is 2.84. The molecule has 0 radical (unpaired) electrons. The Morgan fingerprint density at radius 1 is 0.939 bits per heavy atom. The van der Waals surface area contributed by atoms with Crippen LogP contribution in [-0.2, 0) is 16.1 Å². The Bertz CT molecular complexity index is 1180. The molecule has 3 aromatic rings. The average molecular weight is 448 g/mol. The molecule has 10 heteroatoms. The molecule has 2 aromatic heterocycles. The molecule has 1 aromatic carbocycles. The topological polar surface area (TPSA) is 135 Å². The minimum atomic E-state index is -0.404. The van der Waals surface area contributed by atoms with Gasteiger partial charge in [0.1, 0.15) is 6.54 Å². The smallest absolute Gasteiger partial charge is 0.267 e. The highest BCUT2D eigenvalue weighted by atomic mass is 16.2. The van der Waals surface area contributed by atoms with E-state index < -0.39 is 11.5 Å². The molecule has 3 amide bonds. The van der Waals surface area contributed by atoms with Gasteiger partial charge in [0.25, 0.3) is 11.5 Å². The first-order chi connectivity index (χ1) is 16.0. The van der Waals surface area contributed by atoms with Crippen molar-refractivity contribution in [2.45, 2.75) is 19.9 Å². The third kappa shape index (κ3) is 6.82. The van der Waals surface area contributed by atoms with Crippen molar-refractivity contribution in [3.63, 3.8) is 0 Å². The minimum absolute atomic E-state index is 0.107. The predicted octanol–water partition coefficient (Wildman–Crippen LogP) is 1.20. The van der Waals surface area contributed by atoms with E-state index in [2.05, 4.69) is 26.0 Å². The number of carbonyl (C=O) groups is 3. The van der Waals surface area contributed by atoms with E-state index in [1.54, 1.807) is 55.7 Å². The Balaban J connectivity index is 1.46. The van der Waals surface area contributed by atoms with Crippen molar-refractivity contribution in [2.75, 3.05) is 18.4 Å². The van der Waals surface area contributed by atoms with Crippen LogP contribution in [0.15, 0.2) is 65.7 Å². The second kappa shape index (κ2) is 11.3. The summed E-state index contributed by atoms with van der Waals surface area (Å²) in [4.78, 5) is 51.9. The first-order valence-corrected chi connectivity index (χ1v) is 10.4. The van der Waals surface area contributed by atoms with Crippen LogP contribution in [-0.4, -0.2) is 45.6 Å². The summed E-state index contributed by atoms with van der Waals surface area (Å²) in [5, 5.41) is 12.3. The summed E-state index contributed by atoms with van der Waals surface area (Å²) in [5.41, 5.74) is 1.91. The predicted molar refractivity (Wildman–Crippen MR) is 122 cm³/mol. The second-order valence-electron chi connectivity index (χ2n) is 7.04. The van der Waals surface area contributed by atoms with Crippen LogP contribution in [0.3, 0.4) is 0 Å². The van der Waals surface area contributed by atoms with Gasteiger partial charge in [-0.1, -0.05) is 6.92 Å². The van der Waals surface area contributed by atoms with Crippen molar-refractivity contribution < 1.29 is 14.4 Å². The quantitative estimate of drug-likeness (QED) is 0.421. The molecule has 0 aliphatic heterocycles. The van der Waals surface area contributed by atoms with Gasteiger partial charge in [0.15, 0.2) is 0 Å². The summed E-state index contributed by atoms with van der Waals surface area (Å²) >= 11 is 0. The van der Waals surface area contributed by atoms with Crippen LogP contribution < -0.4 is 21.5 Å². The van der Waals surface area contributed by atoms with Gasteiger partial charge in [-0.25, -0.2) is 4.68 Å². The Morgan fingerprint density at radius 3 is 2.39 bits per heavy atom. The number of hydrogen-bond donors (Lipinski definition) is 3. The zero-order valence-electron chi connectivity index (χ0n) is 18.1. The van der Waals surface area contributed by atoms with Crippen molar-refractivity contribution in [1.82, 2.24) is 25.4 Å². The fourth-order valence-electron chi connectivity index (χ4n) is 2.86. The molecule has 0 atom stereocenters. The van der Waals surface area contributed by atoms with E-state index in [0.717, 1.165) is 10.2 Å². The Kier molecular flexibility index (Phi) is 8.01. The van der Waals surface area contributed by atoms with Gasteiger partial charge in [0.2, 0.25) is 11.8 Å². The third-order valence-electron chi connectivity index (χ3n) is 4.60. The van der Waals surface area contributed by atoms with Crippen LogP contribution >= 0.6 is 0 Å². The molecule has 0 saturated heterocycles. The SMILES string of the molecule is CCC(=O)Nc1ccc(C(=O)NCCNC(=O)Cn2nc(-c3cccnc3)ccc2=O)cc1. The van der Waals surface area contributed by atoms with Gasteiger partial charge in [-0.15, -0.1) is 0 Å². The number of pyridine rings is 1. The van der Waals surface area contributed by atoms with Gasteiger partial charge in [-0.05, 0) is 42.5 Å².